The molecule has 2 aliphatic heterocycles. The third-order valence-electron chi connectivity index (χ3n) is 10.3. The number of likely N-dealkylation sites (tertiary alicyclic amines) is 1. The molecule has 3 atom stereocenters. The Morgan fingerprint density at radius 2 is 1.95 bits per heavy atom. The van der Waals surface area contributed by atoms with E-state index >= 15 is 0 Å². The van der Waals surface area contributed by atoms with E-state index in [0.717, 1.165) is 81.8 Å². The standard InChI is InChI=1S/C34H33N7O2/c1-18-27-10-8-24(34(43)40-16-23-7-11-28(40)30(23)35)17-41(27)38-31(18)29-13-21-6-9-26(37-32(21)39(29)15-19-2-3-19)20-4-5-22-14-36-33(42)25(22)12-20/h4-6,8-10,12-13,17,19,23,28,30H,2-3,7,11,14-16,35H2,1H3,(H,36,42)/t23?,28?,30-/m1/s1. The van der Waals surface area contributed by atoms with E-state index < -0.39 is 0 Å². The number of piperidine rings is 1. The predicted octanol–water partition coefficient (Wildman–Crippen LogP) is 4.54. The fraction of sp³-hybridized carbons (Fsp3) is 0.353. The van der Waals surface area contributed by atoms with E-state index in [1.54, 1.807) is 0 Å². The van der Waals surface area contributed by atoms with Crippen LogP contribution >= 0.6 is 0 Å². The van der Waals surface area contributed by atoms with Crippen molar-refractivity contribution in [2.24, 2.45) is 17.6 Å². The highest BCUT2D eigenvalue weighted by Gasteiger charge is 2.46. The molecule has 6 heterocycles. The van der Waals surface area contributed by atoms with Crippen molar-refractivity contribution >= 4 is 28.4 Å². The van der Waals surface area contributed by atoms with Gasteiger partial charge in [-0.15, -0.1) is 0 Å². The average molecular weight is 572 g/mol. The highest BCUT2D eigenvalue weighted by Crippen LogP contribution is 2.39. The minimum absolute atomic E-state index is 0.0271. The van der Waals surface area contributed by atoms with Crippen LogP contribution in [0.2, 0.25) is 0 Å². The molecule has 2 amide bonds. The first-order valence-corrected chi connectivity index (χ1v) is 15.4. The number of pyridine rings is 2. The van der Waals surface area contributed by atoms with Gasteiger partial charge in [-0.05, 0) is 86.4 Å². The van der Waals surface area contributed by atoms with Crippen molar-refractivity contribution in [3.05, 3.63) is 77.0 Å². The molecule has 3 fully saturated rings. The second kappa shape index (κ2) is 9.00. The molecule has 1 saturated heterocycles. The number of carbonyl (C=O) groups excluding carboxylic acids is 2. The zero-order chi connectivity index (χ0) is 29.0. The van der Waals surface area contributed by atoms with Crippen LogP contribution in [0.5, 0.6) is 0 Å². The number of aromatic nitrogens is 4. The molecule has 0 radical (unpaired) electrons. The summed E-state index contributed by atoms with van der Waals surface area (Å²) in [5.74, 6) is 1.07. The largest absolute Gasteiger partial charge is 0.348 e. The highest BCUT2D eigenvalue weighted by molar-refractivity contribution is 5.99. The molecule has 0 spiro atoms. The maximum Gasteiger partial charge on any atom is 0.255 e. The summed E-state index contributed by atoms with van der Waals surface area (Å²) in [5, 5.41) is 9.02. The lowest BCUT2D eigenvalue weighted by molar-refractivity contribution is 0.0700. The van der Waals surface area contributed by atoms with E-state index in [2.05, 4.69) is 35.0 Å². The monoisotopic (exact) mass is 571 g/mol. The van der Waals surface area contributed by atoms with Crippen LogP contribution < -0.4 is 11.1 Å². The molecule has 9 nitrogen and oxygen atoms in total. The first-order chi connectivity index (χ1) is 20.9. The smallest absolute Gasteiger partial charge is 0.255 e. The predicted molar refractivity (Wildman–Crippen MR) is 164 cm³/mol. The van der Waals surface area contributed by atoms with Gasteiger partial charge in [0.15, 0.2) is 0 Å². The summed E-state index contributed by atoms with van der Waals surface area (Å²) in [6.07, 6.45) is 6.42. The Morgan fingerprint density at radius 3 is 2.74 bits per heavy atom. The second-order valence-corrected chi connectivity index (χ2v) is 12.9. The average Bonchev–Trinajstić information content (AvgIpc) is 3.23. The van der Waals surface area contributed by atoms with Gasteiger partial charge >= 0.3 is 0 Å². The van der Waals surface area contributed by atoms with E-state index in [9.17, 15) is 9.59 Å². The van der Waals surface area contributed by atoms with E-state index in [-0.39, 0.29) is 23.9 Å². The van der Waals surface area contributed by atoms with Crippen LogP contribution in [-0.2, 0) is 13.1 Å². The molecular weight excluding hydrogens is 538 g/mol. The Kier molecular flexibility index (Phi) is 5.24. The molecule has 2 unspecified atom stereocenters. The third-order valence-corrected chi connectivity index (χ3v) is 10.3. The third kappa shape index (κ3) is 3.80. The molecule has 43 heavy (non-hydrogen) atoms. The second-order valence-electron chi connectivity index (χ2n) is 12.9. The number of nitrogens with two attached hydrogens (primary N) is 1. The van der Waals surface area contributed by atoms with E-state index in [1.807, 2.05) is 45.9 Å². The molecule has 2 aliphatic carbocycles. The van der Waals surface area contributed by atoms with Crippen molar-refractivity contribution < 1.29 is 9.59 Å². The number of fused-ring (bicyclic) bond motifs is 5. The summed E-state index contributed by atoms with van der Waals surface area (Å²) >= 11 is 0. The van der Waals surface area contributed by atoms with Gasteiger partial charge in [0.25, 0.3) is 11.8 Å². The van der Waals surface area contributed by atoms with Crippen molar-refractivity contribution in [1.29, 1.82) is 0 Å². The molecule has 4 aromatic heterocycles. The van der Waals surface area contributed by atoms with Gasteiger partial charge < -0.3 is 20.5 Å². The summed E-state index contributed by atoms with van der Waals surface area (Å²) < 4.78 is 4.18. The van der Waals surface area contributed by atoms with E-state index in [4.69, 9.17) is 15.8 Å². The molecule has 2 saturated carbocycles. The summed E-state index contributed by atoms with van der Waals surface area (Å²) in [4.78, 5) is 32.9. The number of hydrogen-bond donors (Lipinski definition) is 2. The molecular formula is C34H33N7O2. The summed E-state index contributed by atoms with van der Waals surface area (Å²) in [5.41, 5.74) is 15.5. The molecule has 216 valence electrons. The summed E-state index contributed by atoms with van der Waals surface area (Å²) in [6.45, 7) is 4.32. The van der Waals surface area contributed by atoms with Crippen LogP contribution in [0.4, 0.5) is 0 Å². The lowest BCUT2D eigenvalue weighted by atomic mass is 10.0. The van der Waals surface area contributed by atoms with E-state index in [1.165, 1.54) is 12.8 Å². The normalized spacial score (nSPS) is 22.6. The molecule has 4 aliphatic rings. The highest BCUT2D eigenvalue weighted by atomic mass is 16.2. The Hall–Kier alpha value is -4.50. The first-order valence-electron chi connectivity index (χ1n) is 15.4. The van der Waals surface area contributed by atoms with Crippen molar-refractivity contribution in [3.8, 4) is 22.6 Å². The van der Waals surface area contributed by atoms with Gasteiger partial charge in [-0.2, -0.15) is 5.10 Å². The van der Waals surface area contributed by atoms with Gasteiger partial charge in [0.1, 0.15) is 11.3 Å². The van der Waals surface area contributed by atoms with Gasteiger partial charge in [0.05, 0.1) is 22.5 Å². The van der Waals surface area contributed by atoms with Crippen LogP contribution in [0, 0.1) is 18.8 Å². The fourth-order valence-electron chi connectivity index (χ4n) is 7.59. The Morgan fingerprint density at radius 1 is 1.07 bits per heavy atom. The van der Waals surface area contributed by atoms with Gasteiger partial charge in [-0.3, -0.25) is 9.59 Å². The summed E-state index contributed by atoms with van der Waals surface area (Å²) in [7, 11) is 0. The lowest BCUT2D eigenvalue weighted by Gasteiger charge is -2.27. The number of carbonyl (C=O) groups is 2. The molecule has 5 aromatic rings. The number of benzene rings is 1. The quantitative estimate of drug-likeness (QED) is 0.322. The molecule has 1 aromatic carbocycles. The van der Waals surface area contributed by atoms with E-state index in [0.29, 0.717) is 23.9 Å². The van der Waals surface area contributed by atoms with Gasteiger partial charge in [0, 0.05) is 60.0 Å². The van der Waals surface area contributed by atoms with Gasteiger partial charge in [-0.1, -0.05) is 12.1 Å². The van der Waals surface area contributed by atoms with Crippen LogP contribution in [-0.4, -0.2) is 54.5 Å². The summed E-state index contributed by atoms with van der Waals surface area (Å²) in [6, 6.07) is 16.5. The van der Waals surface area contributed by atoms with Gasteiger partial charge in [-0.25, -0.2) is 9.50 Å². The zero-order valence-corrected chi connectivity index (χ0v) is 24.1. The maximum absolute atomic E-state index is 13.5. The molecule has 2 bridgehead atoms. The topological polar surface area (TPSA) is 111 Å². The Balaban J connectivity index is 1.12. The first kappa shape index (κ1) is 25.0. The molecule has 3 N–H and O–H groups in total. The number of rotatable bonds is 5. The van der Waals surface area contributed by atoms with Crippen molar-refractivity contribution in [3.63, 3.8) is 0 Å². The molecule has 9 rings (SSSR count). The fourth-order valence-corrected chi connectivity index (χ4v) is 7.59. The number of nitrogens with one attached hydrogen (secondary N) is 1. The van der Waals surface area contributed by atoms with Crippen LogP contribution in [0.25, 0.3) is 39.2 Å². The number of hydrogen-bond acceptors (Lipinski definition) is 5. The minimum atomic E-state index is -0.0271. The molecule has 9 heteroatoms. The van der Waals surface area contributed by atoms with Gasteiger partial charge in [0.2, 0.25) is 0 Å². The van der Waals surface area contributed by atoms with Crippen molar-refractivity contribution in [1.82, 2.24) is 29.4 Å². The Labute approximate surface area is 248 Å². The number of aryl methyl sites for hydroxylation is 1. The zero-order valence-electron chi connectivity index (χ0n) is 24.1. The van der Waals surface area contributed by atoms with Crippen LogP contribution in [0.3, 0.4) is 0 Å². The number of nitrogens with zero attached hydrogens (tertiary/aromatic N) is 5. The lowest BCUT2D eigenvalue weighted by Crippen LogP contribution is -2.41. The SMILES string of the molecule is Cc1c(-c2cc3ccc(-c4ccc5c(c4)C(=O)NC5)nc3n2CC2CC2)nn2cc(C(=O)N3CC4CCC3[C@@H]4N)ccc12. The van der Waals surface area contributed by atoms with Crippen molar-refractivity contribution in [2.75, 3.05) is 6.54 Å². The maximum atomic E-state index is 13.5. The van der Waals surface area contributed by atoms with Crippen LogP contribution in [0.1, 0.15) is 57.5 Å². The Bertz CT molecular complexity index is 2000. The minimum Gasteiger partial charge on any atom is -0.348 e. The number of amides is 2. The van der Waals surface area contributed by atoms with Crippen molar-refractivity contribution in [2.45, 2.75) is 57.8 Å². The van der Waals surface area contributed by atoms with Crippen LogP contribution in [0.15, 0.2) is 54.7 Å².